The molecule has 5 nitrogen and oxygen atoms in total. The van der Waals surface area contributed by atoms with Gasteiger partial charge in [0.2, 0.25) is 0 Å². The molecular weight excluding hydrogens is 369 g/mol. The summed E-state index contributed by atoms with van der Waals surface area (Å²) in [4.78, 5) is 1.98. The van der Waals surface area contributed by atoms with Gasteiger partial charge in [0.15, 0.2) is 0 Å². The average molecular weight is 400 g/mol. The summed E-state index contributed by atoms with van der Waals surface area (Å²) >= 11 is 0. The van der Waals surface area contributed by atoms with Crippen molar-refractivity contribution < 1.29 is 17.9 Å². The maximum absolute atomic E-state index is 12.9. The van der Waals surface area contributed by atoms with E-state index in [0.717, 1.165) is 37.1 Å². The summed E-state index contributed by atoms with van der Waals surface area (Å²) in [6, 6.07) is 6.54. The van der Waals surface area contributed by atoms with Crippen LogP contribution in [0.15, 0.2) is 18.2 Å². The van der Waals surface area contributed by atoms with Crippen LogP contribution in [0.1, 0.15) is 38.5 Å². The van der Waals surface area contributed by atoms with Gasteiger partial charge in [-0.15, -0.1) is 0 Å². The van der Waals surface area contributed by atoms with E-state index < -0.39 is 12.1 Å². The second-order valence-electron chi connectivity index (χ2n) is 7.88. The van der Waals surface area contributed by atoms with Gasteiger partial charge in [0.05, 0.1) is 11.6 Å². The molecule has 1 heterocycles. The molecule has 5 N–H and O–H groups in total. The lowest BCUT2D eigenvalue weighted by atomic mass is 9.91. The van der Waals surface area contributed by atoms with Gasteiger partial charge < -0.3 is 26.4 Å². The Morgan fingerprint density at radius 1 is 1.07 bits per heavy atom. The van der Waals surface area contributed by atoms with Gasteiger partial charge in [0, 0.05) is 43.5 Å². The number of nitrogens with zero attached hydrogens (tertiary/aromatic N) is 1. The first-order chi connectivity index (χ1) is 13.4. The molecule has 0 bridgehead atoms. The fourth-order valence-corrected chi connectivity index (χ4v) is 4.10. The molecule has 0 aromatic heterocycles. The SMILES string of the molecule is NCCOc1cc(NC2CCC(N)CC2)ccc1N1CCC(C(F)(F)F)CC1. The number of hydrogen-bond donors (Lipinski definition) is 3. The molecule has 1 aromatic carbocycles. The van der Waals surface area contributed by atoms with Crippen LogP contribution in [-0.2, 0) is 0 Å². The molecule has 1 saturated heterocycles. The number of halogens is 3. The number of nitrogens with one attached hydrogen (secondary N) is 1. The average Bonchev–Trinajstić information content (AvgIpc) is 2.68. The Morgan fingerprint density at radius 3 is 2.36 bits per heavy atom. The molecule has 3 rings (SSSR count). The largest absolute Gasteiger partial charge is 0.490 e. The minimum absolute atomic E-state index is 0.113. The van der Waals surface area contributed by atoms with Crippen molar-refractivity contribution in [3.63, 3.8) is 0 Å². The first kappa shape index (κ1) is 21.0. The molecule has 0 radical (unpaired) electrons. The number of piperidine rings is 1. The summed E-state index contributed by atoms with van der Waals surface area (Å²) in [6.45, 7) is 1.49. The number of nitrogens with two attached hydrogens (primary N) is 2. The smallest absolute Gasteiger partial charge is 0.391 e. The molecule has 0 atom stereocenters. The molecule has 2 aliphatic rings. The molecule has 1 aromatic rings. The Bertz CT molecular complexity index is 624. The highest BCUT2D eigenvalue weighted by Crippen LogP contribution is 2.39. The van der Waals surface area contributed by atoms with Gasteiger partial charge in [-0.05, 0) is 50.7 Å². The Balaban J connectivity index is 1.68. The van der Waals surface area contributed by atoms with E-state index in [4.69, 9.17) is 16.2 Å². The van der Waals surface area contributed by atoms with Crippen molar-refractivity contribution in [2.45, 2.75) is 56.8 Å². The van der Waals surface area contributed by atoms with E-state index in [-0.39, 0.29) is 12.8 Å². The number of rotatable bonds is 6. The highest BCUT2D eigenvalue weighted by Gasteiger charge is 2.41. The summed E-state index contributed by atoms with van der Waals surface area (Å²) in [7, 11) is 0. The lowest BCUT2D eigenvalue weighted by molar-refractivity contribution is -0.179. The molecule has 28 heavy (non-hydrogen) atoms. The van der Waals surface area contributed by atoms with Gasteiger partial charge in [0.1, 0.15) is 12.4 Å². The topological polar surface area (TPSA) is 76.5 Å². The number of anilines is 2. The molecular formula is C20H31F3N4O. The first-order valence-electron chi connectivity index (χ1n) is 10.2. The standard InChI is InChI=1S/C20H31F3N4O/c21-20(22,23)14-7-10-27(11-8-14)18-6-5-17(13-19(18)28-12-9-24)26-16-3-1-15(25)2-4-16/h5-6,13-16,26H,1-4,7-12,24-25H2. The third-order valence-corrected chi connectivity index (χ3v) is 5.78. The third kappa shape index (κ3) is 5.44. The third-order valence-electron chi connectivity index (χ3n) is 5.78. The lowest BCUT2D eigenvalue weighted by Gasteiger charge is -2.35. The number of alkyl halides is 3. The van der Waals surface area contributed by atoms with Crippen molar-refractivity contribution in [2.24, 2.45) is 17.4 Å². The summed E-state index contributed by atoms with van der Waals surface area (Å²) < 4.78 is 44.7. The predicted molar refractivity (Wildman–Crippen MR) is 106 cm³/mol. The van der Waals surface area contributed by atoms with Crippen LogP contribution in [0, 0.1) is 5.92 Å². The summed E-state index contributed by atoms with van der Waals surface area (Å²) in [6.07, 6.45) is 0.214. The maximum Gasteiger partial charge on any atom is 0.391 e. The van der Waals surface area contributed by atoms with Crippen molar-refractivity contribution in [2.75, 3.05) is 36.5 Å². The lowest BCUT2D eigenvalue weighted by Crippen LogP contribution is -2.39. The summed E-state index contributed by atoms with van der Waals surface area (Å²) in [5.41, 5.74) is 13.4. The second kappa shape index (κ2) is 9.22. The van der Waals surface area contributed by atoms with Crippen LogP contribution in [0.4, 0.5) is 24.5 Å². The molecule has 1 aliphatic heterocycles. The monoisotopic (exact) mass is 400 g/mol. The minimum Gasteiger partial charge on any atom is -0.490 e. The van der Waals surface area contributed by atoms with E-state index in [1.807, 2.05) is 23.1 Å². The molecule has 2 fully saturated rings. The van der Waals surface area contributed by atoms with Crippen molar-refractivity contribution in [3.8, 4) is 5.75 Å². The summed E-state index contributed by atoms with van der Waals surface area (Å²) in [5.74, 6) is -0.538. The molecule has 1 aliphatic carbocycles. The van der Waals surface area contributed by atoms with Gasteiger partial charge >= 0.3 is 6.18 Å². The molecule has 158 valence electrons. The van der Waals surface area contributed by atoms with Crippen LogP contribution < -0.4 is 26.4 Å². The fourth-order valence-electron chi connectivity index (χ4n) is 4.10. The number of benzene rings is 1. The zero-order valence-electron chi connectivity index (χ0n) is 16.2. The van der Waals surface area contributed by atoms with Gasteiger partial charge in [0.25, 0.3) is 0 Å². The van der Waals surface area contributed by atoms with Crippen LogP contribution >= 0.6 is 0 Å². The molecule has 0 spiro atoms. The fraction of sp³-hybridized carbons (Fsp3) is 0.700. The van der Waals surface area contributed by atoms with E-state index in [2.05, 4.69) is 5.32 Å². The van der Waals surface area contributed by atoms with Gasteiger partial charge in [-0.25, -0.2) is 0 Å². The first-order valence-corrected chi connectivity index (χ1v) is 10.2. The molecule has 8 heteroatoms. The predicted octanol–water partition coefficient (Wildman–Crippen LogP) is 3.48. The van der Waals surface area contributed by atoms with E-state index >= 15 is 0 Å². The molecule has 1 saturated carbocycles. The van der Waals surface area contributed by atoms with E-state index in [1.165, 1.54) is 0 Å². The quantitative estimate of drug-likeness (QED) is 0.682. The normalized spacial score (nSPS) is 24.2. The van der Waals surface area contributed by atoms with E-state index in [9.17, 15) is 13.2 Å². The zero-order chi connectivity index (χ0) is 20.1. The van der Waals surface area contributed by atoms with Crippen molar-refractivity contribution >= 4 is 11.4 Å². The molecule has 0 amide bonds. The van der Waals surface area contributed by atoms with Crippen LogP contribution in [0.25, 0.3) is 0 Å². The second-order valence-corrected chi connectivity index (χ2v) is 7.88. The van der Waals surface area contributed by atoms with Crippen molar-refractivity contribution in [3.05, 3.63) is 18.2 Å². The van der Waals surface area contributed by atoms with Crippen LogP contribution in [0.3, 0.4) is 0 Å². The Morgan fingerprint density at radius 2 is 1.75 bits per heavy atom. The molecule has 0 unspecified atom stereocenters. The van der Waals surface area contributed by atoms with E-state index in [1.54, 1.807) is 0 Å². The summed E-state index contributed by atoms with van der Waals surface area (Å²) in [5, 5.41) is 3.54. The van der Waals surface area contributed by atoms with Gasteiger partial charge in [-0.3, -0.25) is 0 Å². The van der Waals surface area contributed by atoms with Crippen molar-refractivity contribution in [1.82, 2.24) is 0 Å². The van der Waals surface area contributed by atoms with Gasteiger partial charge in [-0.1, -0.05) is 0 Å². The van der Waals surface area contributed by atoms with Crippen LogP contribution in [0.5, 0.6) is 5.75 Å². The zero-order valence-corrected chi connectivity index (χ0v) is 16.2. The highest BCUT2D eigenvalue weighted by molar-refractivity contribution is 5.65. The highest BCUT2D eigenvalue weighted by atomic mass is 19.4. The Kier molecular flexibility index (Phi) is 6.93. The number of ether oxygens (including phenoxy) is 1. The van der Waals surface area contributed by atoms with E-state index in [0.29, 0.717) is 44.1 Å². The van der Waals surface area contributed by atoms with Crippen LogP contribution in [0.2, 0.25) is 0 Å². The maximum atomic E-state index is 12.9. The minimum atomic E-state index is -4.11. The van der Waals surface area contributed by atoms with Crippen molar-refractivity contribution in [1.29, 1.82) is 0 Å². The number of hydrogen-bond acceptors (Lipinski definition) is 5. The van der Waals surface area contributed by atoms with Gasteiger partial charge in [-0.2, -0.15) is 13.2 Å². The Labute approximate surface area is 164 Å². The van der Waals surface area contributed by atoms with Crippen LogP contribution in [-0.4, -0.2) is 44.5 Å². The Hall–Kier alpha value is -1.67.